The van der Waals surface area contributed by atoms with Crippen molar-refractivity contribution in [2.24, 2.45) is 0 Å². The Morgan fingerprint density at radius 2 is 1.79 bits per heavy atom. The molecule has 2 aromatic carbocycles. The molecule has 28 heavy (non-hydrogen) atoms. The fourth-order valence-corrected chi connectivity index (χ4v) is 3.63. The van der Waals surface area contributed by atoms with Gasteiger partial charge in [0.15, 0.2) is 0 Å². The van der Waals surface area contributed by atoms with Gasteiger partial charge in [0.1, 0.15) is 0 Å². The highest BCUT2D eigenvalue weighted by atomic mass is 16.4. The highest BCUT2D eigenvalue weighted by molar-refractivity contribution is 6.11. The number of carbonyl (C=O) groups is 3. The van der Waals surface area contributed by atoms with Crippen molar-refractivity contribution in [1.82, 2.24) is 10.2 Å². The molecule has 0 unspecified atom stereocenters. The summed E-state index contributed by atoms with van der Waals surface area (Å²) < 4.78 is 0. The second-order valence-electron chi connectivity index (χ2n) is 6.82. The Kier molecular flexibility index (Phi) is 4.35. The molecule has 3 amide bonds. The molecule has 2 aliphatic rings. The third kappa shape index (κ3) is 3.00. The Bertz CT molecular complexity index is 982. The maximum Gasteiger partial charge on any atom is 0.322 e. The van der Waals surface area contributed by atoms with E-state index in [1.54, 1.807) is 36.2 Å². The minimum atomic E-state index is -1.15. The van der Waals surface area contributed by atoms with Crippen LogP contribution in [0.1, 0.15) is 17.2 Å². The summed E-state index contributed by atoms with van der Waals surface area (Å²) in [5.74, 6) is -1.33. The summed E-state index contributed by atoms with van der Waals surface area (Å²) >= 11 is 0. The van der Waals surface area contributed by atoms with Crippen LogP contribution in [0.5, 0.6) is 0 Å². The van der Waals surface area contributed by atoms with E-state index in [1.807, 2.05) is 30.3 Å². The fraction of sp³-hybridized carbons (Fsp3) is 0.190. The molecule has 0 fully saturated rings. The lowest BCUT2D eigenvalue weighted by atomic mass is 9.96. The van der Waals surface area contributed by atoms with Gasteiger partial charge in [-0.3, -0.25) is 9.69 Å². The zero-order valence-electron chi connectivity index (χ0n) is 15.2. The van der Waals surface area contributed by atoms with Crippen molar-refractivity contribution in [3.8, 4) is 0 Å². The first-order valence-electron chi connectivity index (χ1n) is 8.88. The molecule has 1 N–H and O–H groups in total. The van der Waals surface area contributed by atoms with Gasteiger partial charge in [-0.15, -0.1) is 0 Å². The van der Waals surface area contributed by atoms with Gasteiger partial charge in [-0.05, 0) is 23.3 Å². The number of nitrogens with zero attached hydrogens (tertiary/aromatic N) is 2. The minimum absolute atomic E-state index is 0.177. The van der Waals surface area contributed by atoms with Gasteiger partial charge in [0, 0.05) is 25.1 Å². The number of aliphatic carboxylic acids is 1. The van der Waals surface area contributed by atoms with E-state index in [1.165, 1.54) is 4.90 Å². The predicted molar refractivity (Wildman–Crippen MR) is 100 cm³/mol. The lowest BCUT2D eigenvalue weighted by molar-refractivity contribution is -0.304. The molecule has 0 spiro atoms. The van der Waals surface area contributed by atoms with Crippen LogP contribution in [0.15, 0.2) is 65.9 Å². The number of carbonyl (C=O) groups excluding carboxylic acids is 3. The summed E-state index contributed by atoms with van der Waals surface area (Å²) in [6.07, 6.45) is -0.180. The molecule has 0 saturated heterocycles. The largest absolute Gasteiger partial charge is 0.550 e. The van der Waals surface area contributed by atoms with E-state index in [0.717, 1.165) is 5.56 Å². The molecule has 0 aromatic heterocycles. The van der Waals surface area contributed by atoms with E-state index in [4.69, 9.17) is 0 Å². The number of urea groups is 1. The molecule has 7 nitrogen and oxygen atoms in total. The first-order valence-corrected chi connectivity index (χ1v) is 8.88. The van der Waals surface area contributed by atoms with Crippen LogP contribution in [-0.4, -0.2) is 36.4 Å². The van der Waals surface area contributed by atoms with Crippen LogP contribution < -0.4 is 15.3 Å². The van der Waals surface area contributed by atoms with E-state index in [0.29, 0.717) is 22.5 Å². The maximum absolute atomic E-state index is 13.2. The van der Waals surface area contributed by atoms with Gasteiger partial charge in [0.05, 0.1) is 23.9 Å². The Labute approximate surface area is 161 Å². The average molecular weight is 376 g/mol. The van der Waals surface area contributed by atoms with Crippen LogP contribution in [0.4, 0.5) is 10.5 Å². The number of benzene rings is 2. The van der Waals surface area contributed by atoms with E-state index >= 15 is 0 Å². The number of rotatable bonds is 4. The third-order valence-corrected chi connectivity index (χ3v) is 5.09. The topological polar surface area (TPSA) is 92.8 Å². The first kappa shape index (κ1) is 17.8. The maximum atomic E-state index is 13.2. The third-order valence-electron chi connectivity index (χ3n) is 5.09. The van der Waals surface area contributed by atoms with Gasteiger partial charge < -0.3 is 20.1 Å². The predicted octanol–water partition coefficient (Wildman–Crippen LogP) is 0.976. The number of likely N-dealkylation sites (N-methyl/N-ethyl adjacent to an activating group) is 1. The van der Waals surface area contributed by atoms with Gasteiger partial charge in [-0.2, -0.15) is 0 Å². The number of carboxylic acids is 1. The molecule has 4 rings (SSSR count). The lowest BCUT2D eigenvalue weighted by Crippen LogP contribution is -2.45. The fourth-order valence-electron chi connectivity index (χ4n) is 3.63. The zero-order valence-corrected chi connectivity index (χ0v) is 15.2. The highest BCUT2D eigenvalue weighted by Crippen LogP contribution is 2.37. The summed E-state index contributed by atoms with van der Waals surface area (Å²) in [5, 5.41) is 13.6. The summed E-state index contributed by atoms with van der Waals surface area (Å²) in [6, 6.07) is 15.4. The number of hydrogen-bond donors (Lipinski definition) is 1. The van der Waals surface area contributed by atoms with Gasteiger partial charge in [0.25, 0.3) is 5.91 Å². The average Bonchev–Trinajstić information content (AvgIpc) is 3.03. The molecule has 0 aliphatic carbocycles. The molecular formula is C21H18N3O4-. The first-order chi connectivity index (χ1) is 13.5. The second-order valence-corrected chi connectivity index (χ2v) is 6.82. The van der Waals surface area contributed by atoms with Gasteiger partial charge in [0.2, 0.25) is 0 Å². The van der Waals surface area contributed by atoms with Crippen molar-refractivity contribution in [1.29, 1.82) is 0 Å². The molecule has 0 saturated carbocycles. The van der Waals surface area contributed by atoms with E-state index in [9.17, 15) is 19.5 Å². The minimum Gasteiger partial charge on any atom is -0.550 e. The van der Waals surface area contributed by atoms with Crippen LogP contribution in [0.25, 0.3) is 0 Å². The van der Waals surface area contributed by atoms with Crippen LogP contribution in [0, 0.1) is 0 Å². The van der Waals surface area contributed by atoms with Crippen LogP contribution >= 0.6 is 0 Å². The molecule has 0 bridgehead atoms. The van der Waals surface area contributed by atoms with Gasteiger partial charge in [-0.1, -0.05) is 42.5 Å². The smallest absolute Gasteiger partial charge is 0.322 e. The molecule has 0 radical (unpaired) electrons. The molecule has 2 heterocycles. The van der Waals surface area contributed by atoms with Crippen molar-refractivity contribution in [2.45, 2.75) is 12.5 Å². The molecule has 7 heteroatoms. The van der Waals surface area contributed by atoms with Crippen molar-refractivity contribution < 1.29 is 19.5 Å². The van der Waals surface area contributed by atoms with Crippen molar-refractivity contribution >= 4 is 23.6 Å². The van der Waals surface area contributed by atoms with Crippen molar-refractivity contribution in [3.05, 3.63) is 77.0 Å². The molecule has 1 atom stereocenters. The Hall–Kier alpha value is -3.61. The van der Waals surface area contributed by atoms with Crippen LogP contribution in [0.3, 0.4) is 0 Å². The summed E-state index contributed by atoms with van der Waals surface area (Å²) in [6.45, 7) is 0.279. The lowest BCUT2D eigenvalue weighted by Gasteiger charge is -2.31. The molecular weight excluding hydrogens is 358 g/mol. The molecule has 2 aliphatic heterocycles. The van der Waals surface area contributed by atoms with Crippen molar-refractivity contribution in [2.75, 3.05) is 18.5 Å². The van der Waals surface area contributed by atoms with Crippen molar-refractivity contribution in [3.63, 3.8) is 0 Å². The SMILES string of the molecule is CN1C(=O)N[C@@H](c2ccccc2)C2=C1CN(c1ccc(CC(=O)[O-])cc1)C2=O. The van der Waals surface area contributed by atoms with E-state index in [-0.39, 0.29) is 24.9 Å². The number of nitrogens with one attached hydrogen (secondary N) is 1. The monoisotopic (exact) mass is 376 g/mol. The number of carboxylic acid groups (broad SMARTS) is 1. The molecule has 2 aromatic rings. The molecule has 142 valence electrons. The Morgan fingerprint density at radius 3 is 2.43 bits per heavy atom. The Morgan fingerprint density at radius 1 is 1.11 bits per heavy atom. The zero-order chi connectivity index (χ0) is 19.8. The quantitative estimate of drug-likeness (QED) is 0.861. The van der Waals surface area contributed by atoms with Gasteiger partial charge >= 0.3 is 6.03 Å². The van der Waals surface area contributed by atoms with E-state index < -0.39 is 12.0 Å². The second kappa shape index (κ2) is 6.84. The van der Waals surface area contributed by atoms with Crippen LogP contribution in [0.2, 0.25) is 0 Å². The summed E-state index contributed by atoms with van der Waals surface area (Å²) in [7, 11) is 1.64. The standard InChI is InChI=1S/C21H19N3O4/c1-23-16-12-24(15-9-7-13(8-10-15)11-17(25)26)20(27)18(16)19(22-21(23)28)14-5-3-2-4-6-14/h2-10,19H,11-12H2,1H3,(H,22,28)(H,25,26)/p-1/t19-/m0/s1. The number of amides is 3. The van der Waals surface area contributed by atoms with Crippen LogP contribution in [-0.2, 0) is 16.0 Å². The van der Waals surface area contributed by atoms with E-state index in [2.05, 4.69) is 5.32 Å². The summed E-state index contributed by atoms with van der Waals surface area (Å²) in [5.41, 5.74) is 3.31. The highest BCUT2D eigenvalue weighted by Gasteiger charge is 2.43. The summed E-state index contributed by atoms with van der Waals surface area (Å²) in [4.78, 5) is 39.4. The van der Waals surface area contributed by atoms with Gasteiger partial charge in [-0.25, -0.2) is 4.79 Å². The Balaban J connectivity index is 1.67. The number of hydrogen-bond acceptors (Lipinski definition) is 4. The number of anilines is 1. The normalized spacial score (nSPS) is 19.0.